The van der Waals surface area contributed by atoms with Crippen LogP contribution in [0.4, 0.5) is 0 Å². The minimum absolute atomic E-state index is 0.856. The highest BCUT2D eigenvalue weighted by Gasteiger charge is 2.16. The van der Waals surface area contributed by atoms with Crippen LogP contribution < -0.4 is 5.32 Å². The van der Waals surface area contributed by atoms with E-state index in [1.165, 1.54) is 77.2 Å². The predicted octanol–water partition coefficient (Wildman–Crippen LogP) is 3.88. The van der Waals surface area contributed by atoms with Gasteiger partial charge in [0.25, 0.3) is 0 Å². The summed E-state index contributed by atoms with van der Waals surface area (Å²) < 4.78 is 0. The van der Waals surface area contributed by atoms with E-state index >= 15 is 0 Å². The fourth-order valence-corrected chi connectivity index (χ4v) is 3.21. The maximum Gasteiger partial charge on any atom is 0.00671 e. The highest BCUT2D eigenvalue weighted by atomic mass is 14.9. The van der Waals surface area contributed by atoms with Crippen molar-refractivity contribution in [2.75, 3.05) is 6.54 Å². The summed E-state index contributed by atoms with van der Waals surface area (Å²) in [5.41, 5.74) is 0. The molecule has 0 aromatic carbocycles. The molecule has 0 atom stereocenters. The van der Waals surface area contributed by atoms with E-state index in [9.17, 15) is 0 Å². The van der Waals surface area contributed by atoms with Crippen molar-refractivity contribution in [2.45, 2.75) is 76.7 Å². The lowest BCUT2D eigenvalue weighted by molar-refractivity contribution is 0.319. The summed E-state index contributed by atoms with van der Waals surface area (Å²) in [5.74, 6) is 1.00. The second-order valence-electron chi connectivity index (χ2n) is 5.60. The van der Waals surface area contributed by atoms with Crippen molar-refractivity contribution in [3.63, 3.8) is 0 Å². The summed E-state index contributed by atoms with van der Waals surface area (Å²) in [7, 11) is 0. The Morgan fingerprint density at radius 3 is 1.87 bits per heavy atom. The molecule has 0 heterocycles. The van der Waals surface area contributed by atoms with Crippen LogP contribution >= 0.6 is 0 Å². The second kappa shape index (κ2) is 6.52. The first-order valence-electron chi connectivity index (χ1n) is 7.18. The quantitative estimate of drug-likeness (QED) is 0.696. The lowest BCUT2D eigenvalue weighted by atomic mass is 9.89. The van der Waals surface area contributed by atoms with Crippen molar-refractivity contribution >= 4 is 0 Å². The van der Waals surface area contributed by atoms with Gasteiger partial charge >= 0.3 is 0 Å². The molecule has 2 fully saturated rings. The first-order valence-corrected chi connectivity index (χ1v) is 7.18. The van der Waals surface area contributed by atoms with Gasteiger partial charge in [-0.2, -0.15) is 0 Å². The molecule has 0 saturated heterocycles. The van der Waals surface area contributed by atoms with E-state index in [1.54, 1.807) is 0 Å². The van der Waals surface area contributed by atoms with Gasteiger partial charge in [0, 0.05) is 6.04 Å². The molecule has 0 bridgehead atoms. The lowest BCUT2D eigenvalue weighted by Crippen LogP contribution is -2.33. The molecule has 2 aliphatic rings. The average molecular weight is 209 g/mol. The molecule has 0 aliphatic heterocycles. The molecule has 0 aromatic rings. The first kappa shape index (κ1) is 11.4. The maximum absolute atomic E-state index is 3.83. The molecule has 0 spiro atoms. The molecule has 2 rings (SSSR count). The lowest BCUT2D eigenvalue weighted by Gasteiger charge is -2.25. The Kier molecular flexibility index (Phi) is 4.98. The summed E-state index contributed by atoms with van der Waals surface area (Å²) in [4.78, 5) is 0. The van der Waals surface area contributed by atoms with E-state index < -0.39 is 0 Å². The van der Waals surface area contributed by atoms with Gasteiger partial charge in [-0.1, -0.05) is 44.9 Å². The Labute approximate surface area is 95.0 Å². The molecule has 2 saturated carbocycles. The van der Waals surface area contributed by atoms with Crippen molar-refractivity contribution in [1.82, 2.24) is 5.32 Å². The summed E-state index contributed by atoms with van der Waals surface area (Å²) in [6, 6.07) is 0.856. The highest BCUT2D eigenvalue weighted by Crippen LogP contribution is 2.24. The third-order valence-corrected chi connectivity index (χ3v) is 4.28. The van der Waals surface area contributed by atoms with Crippen LogP contribution in [0.2, 0.25) is 0 Å². The largest absolute Gasteiger partial charge is 0.314 e. The molecule has 88 valence electrons. The molecule has 0 radical (unpaired) electrons. The zero-order valence-corrected chi connectivity index (χ0v) is 10.1. The van der Waals surface area contributed by atoms with E-state index in [2.05, 4.69) is 5.32 Å². The van der Waals surface area contributed by atoms with Crippen molar-refractivity contribution in [3.05, 3.63) is 0 Å². The molecule has 0 aromatic heterocycles. The topological polar surface area (TPSA) is 12.0 Å². The number of nitrogens with one attached hydrogen (secondary N) is 1. The van der Waals surface area contributed by atoms with Crippen LogP contribution in [-0.4, -0.2) is 12.6 Å². The SMILES string of the molecule is C1CCC(CNC2CCCCCC2)CC1. The summed E-state index contributed by atoms with van der Waals surface area (Å²) in [5, 5.41) is 3.83. The fraction of sp³-hybridized carbons (Fsp3) is 1.00. The van der Waals surface area contributed by atoms with E-state index in [4.69, 9.17) is 0 Å². The molecule has 0 unspecified atom stereocenters. The molecule has 15 heavy (non-hydrogen) atoms. The first-order chi connectivity index (χ1) is 7.45. The van der Waals surface area contributed by atoms with Crippen molar-refractivity contribution in [3.8, 4) is 0 Å². The van der Waals surface area contributed by atoms with Gasteiger partial charge in [-0.15, -0.1) is 0 Å². The molecule has 0 amide bonds. The molecular weight excluding hydrogens is 182 g/mol. The van der Waals surface area contributed by atoms with Gasteiger partial charge in [-0.25, -0.2) is 0 Å². The third kappa shape index (κ3) is 4.14. The summed E-state index contributed by atoms with van der Waals surface area (Å²) in [6.45, 7) is 1.31. The van der Waals surface area contributed by atoms with Crippen LogP contribution in [0.3, 0.4) is 0 Å². The predicted molar refractivity (Wildman–Crippen MR) is 66.1 cm³/mol. The monoisotopic (exact) mass is 209 g/mol. The van der Waals surface area contributed by atoms with Crippen LogP contribution in [0.5, 0.6) is 0 Å². The van der Waals surface area contributed by atoms with E-state index in [0.29, 0.717) is 0 Å². The number of hydrogen-bond acceptors (Lipinski definition) is 1. The van der Waals surface area contributed by atoms with Crippen LogP contribution in [0, 0.1) is 5.92 Å². The van der Waals surface area contributed by atoms with Gasteiger partial charge in [0.15, 0.2) is 0 Å². The van der Waals surface area contributed by atoms with Gasteiger partial charge < -0.3 is 5.32 Å². The van der Waals surface area contributed by atoms with Gasteiger partial charge in [-0.05, 0) is 38.1 Å². The molecule has 2 aliphatic carbocycles. The normalized spacial score (nSPS) is 26.4. The summed E-state index contributed by atoms with van der Waals surface area (Å²) in [6.07, 6.45) is 16.2. The zero-order chi connectivity index (χ0) is 10.3. The van der Waals surface area contributed by atoms with E-state index in [1.807, 2.05) is 0 Å². The Hall–Kier alpha value is -0.0400. The standard InChI is InChI=1S/C14H27N/c1-2-7-11-14(10-6-1)15-12-13-8-4-3-5-9-13/h13-15H,1-12H2. The summed E-state index contributed by atoms with van der Waals surface area (Å²) >= 11 is 0. The van der Waals surface area contributed by atoms with Crippen molar-refractivity contribution in [1.29, 1.82) is 0 Å². The van der Waals surface area contributed by atoms with Gasteiger partial charge in [0.05, 0.1) is 0 Å². The second-order valence-corrected chi connectivity index (χ2v) is 5.60. The molecule has 1 heteroatoms. The minimum atomic E-state index is 0.856. The highest BCUT2D eigenvalue weighted by molar-refractivity contribution is 4.74. The maximum atomic E-state index is 3.83. The molecular formula is C14H27N. The zero-order valence-electron chi connectivity index (χ0n) is 10.1. The number of hydrogen-bond donors (Lipinski definition) is 1. The van der Waals surface area contributed by atoms with Gasteiger partial charge in [0.1, 0.15) is 0 Å². The Bertz CT molecular complexity index is 153. The number of rotatable bonds is 3. The van der Waals surface area contributed by atoms with Crippen LogP contribution in [0.1, 0.15) is 70.6 Å². The Morgan fingerprint density at radius 1 is 0.667 bits per heavy atom. The van der Waals surface area contributed by atoms with Crippen molar-refractivity contribution in [2.24, 2.45) is 5.92 Å². The van der Waals surface area contributed by atoms with E-state index in [-0.39, 0.29) is 0 Å². The van der Waals surface area contributed by atoms with Gasteiger partial charge in [-0.3, -0.25) is 0 Å². The molecule has 1 N–H and O–H groups in total. The van der Waals surface area contributed by atoms with Crippen LogP contribution in [-0.2, 0) is 0 Å². The Balaban J connectivity index is 1.62. The smallest absolute Gasteiger partial charge is 0.00671 e. The van der Waals surface area contributed by atoms with Crippen molar-refractivity contribution < 1.29 is 0 Å². The minimum Gasteiger partial charge on any atom is -0.314 e. The van der Waals surface area contributed by atoms with Crippen LogP contribution in [0.25, 0.3) is 0 Å². The Morgan fingerprint density at radius 2 is 1.20 bits per heavy atom. The van der Waals surface area contributed by atoms with Crippen LogP contribution in [0.15, 0.2) is 0 Å². The fourth-order valence-electron chi connectivity index (χ4n) is 3.21. The third-order valence-electron chi connectivity index (χ3n) is 4.28. The molecule has 1 nitrogen and oxygen atoms in total. The van der Waals surface area contributed by atoms with Gasteiger partial charge in [0.2, 0.25) is 0 Å². The van der Waals surface area contributed by atoms with E-state index in [0.717, 1.165) is 12.0 Å². The average Bonchev–Trinajstić information content (AvgIpc) is 2.56.